The smallest absolute Gasteiger partial charge is 0.306 e. The van der Waals surface area contributed by atoms with Crippen molar-refractivity contribution in [3.8, 4) is 0 Å². The van der Waals surface area contributed by atoms with E-state index in [0.717, 1.165) is 122 Å². The summed E-state index contributed by atoms with van der Waals surface area (Å²) in [6, 6.07) is 0. The minimum atomic E-state index is -0.838. The zero-order valence-electron chi connectivity index (χ0n) is 51.3. The number of hydrogen-bond acceptors (Lipinski definition) is 6. The lowest BCUT2D eigenvalue weighted by atomic mass is 10.1. The summed E-state index contributed by atoms with van der Waals surface area (Å²) in [5, 5.41) is 0. The predicted molar refractivity (Wildman–Crippen MR) is 348 cm³/mol. The first kappa shape index (κ1) is 74.8. The van der Waals surface area contributed by atoms with E-state index in [1.54, 1.807) is 0 Å². The molecule has 6 heteroatoms. The molecule has 0 rings (SSSR count). The van der Waals surface area contributed by atoms with Crippen molar-refractivity contribution in [2.75, 3.05) is 13.2 Å². The quantitative estimate of drug-likeness (QED) is 0.0261. The van der Waals surface area contributed by atoms with Gasteiger partial charge < -0.3 is 14.2 Å². The largest absolute Gasteiger partial charge is 0.462 e. The molecule has 0 aliphatic heterocycles. The number of carbonyl (C=O) groups excluding carboxylic acids is 3. The first-order valence-corrected chi connectivity index (χ1v) is 32.1. The third kappa shape index (κ3) is 63.6. The van der Waals surface area contributed by atoms with E-state index in [0.29, 0.717) is 19.3 Å². The van der Waals surface area contributed by atoms with Crippen molar-refractivity contribution in [2.24, 2.45) is 0 Å². The van der Waals surface area contributed by atoms with Crippen LogP contribution in [0.1, 0.15) is 258 Å². The second-order valence-electron chi connectivity index (χ2n) is 20.5. The van der Waals surface area contributed by atoms with Gasteiger partial charge in [0.2, 0.25) is 0 Å². The van der Waals surface area contributed by atoms with Crippen LogP contribution in [0.25, 0.3) is 0 Å². The number of esters is 3. The molecule has 0 heterocycles. The summed E-state index contributed by atoms with van der Waals surface area (Å²) in [5.74, 6) is -1.04. The molecule has 0 aliphatic rings. The van der Waals surface area contributed by atoms with Gasteiger partial charge in [-0.1, -0.05) is 262 Å². The summed E-state index contributed by atoms with van der Waals surface area (Å²) in [7, 11) is 0. The minimum absolute atomic E-state index is 0.124. The Labute approximate surface area is 492 Å². The maximum Gasteiger partial charge on any atom is 0.306 e. The average Bonchev–Trinajstić information content (AvgIpc) is 3.46. The molecular weight excluding hydrogens is 985 g/mol. The average molecular weight is 1100 g/mol. The van der Waals surface area contributed by atoms with Crippen LogP contribution in [0.5, 0.6) is 0 Å². The highest BCUT2D eigenvalue weighted by atomic mass is 16.6. The van der Waals surface area contributed by atoms with Crippen molar-refractivity contribution in [1.29, 1.82) is 0 Å². The van der Waals surface area contributed by atoms with Crippen LogP contribution in [-0.4, -0.2) is 37.2 Å². The first-order valence-electron chi connectivity index (χ1n) is 32.1. The van der Waals surface area contributed by atoms with Crippen molar-refractivity contribution in [3.63, 3.8) is 0 Å². The molecule has 6 nitrogen and oxygen atoms in total. The summed E-state index contributed by atoms with van der Waals surface area (Å²) in [5.41, 5.74) is 0. The third-order valence-corrected chi connectivity index (χ3v) is 12.9. The molecule has 0 bridgehead atoms. The van der Waals surface area contributed by atoms with Gasteiger partial charge in [0, 0.05) is 19.3 Å². The van der Waals surface area contributed by atoms with Crippen molar-refractivity contribution in [2.45, 2.75) is 264 Å². The first-order chi connectivity index (χ1) is 39.5. The van der Waals surface area contributed by atoms with Gasteiger partial charge in [-0.25, -0.2) is 0 Å². The van der Waals surface area contributed by atoms with Gasteiger partial charge in [-0.05, 0) is 148 Å². The van der Waals surface area contributed by atoms with E-state index < -0.39 is 6.10 Å². The van der Waals surface area contributed by atoms with Crippen molar-refractivity contribution < 1.29 is 28.6 Å². The topological polar surface area (TPSA) is 78.9 Å². The van der Waals surface area contributed by atoms with Gasteiger partial charge in [-0.3, -0.25) is 14.4 Å². The molecule has 0 aromatic heterocycles. The molecule has 0 radical (unpaired) electrons. The number of hydrogen-bond donors (Lipinski definition) is 0. The monoisotopic (exact) mass is 1100 g/mol. The van der Waals surface area contributed by atoms with Gasteiger partial charge in [0.05, 0.1) is 0 Å². The van der Waals surface area contributed by atoms with Crippen LogP contribution >= 0.6 is 0 Å². The van der Waals surface area contributed by atoms with E-state index in [9.17, 15) is 14.4 Å². The van der Waals surface area contributed by atoms with Gasteiger partial charge in [0.1, 0.15) is 13.2 Å². The molecule has 448 valence electrons. The Hall–Kier alpha value is -5.23. The van der Waals surface area contributed by atoms with E-state index >= 15 is 0 Å². The summed E-state index contributed by atoms with van der Waals surface area (Å²) in [4.78, 5) is 38.3. The Morgan fingerprint density at radius 1 is 0.263 bits per heavy atom. The summed E-state index contributed by atoms with van der Waals surface area (Å²) >= 11 is 0. The van der Waals surface area contributed by atoms with Gasteiger partial charge in [-0.2, -0.15) is 0 Å². The molecule has 1 atom stereocenters. The van der Waals surface area contributed by atoms with Crippen molar-refractivity contribution >= 4 is 17.9 Å². The second kappa shape index (κ2) is 66.3. The van der Waals surface area contributed by atoms with E-state index in [4.69, 9.17) is 14.2 Å². The molecule has 0 fully saturated rings. The van der Waals surface area contributed by atoms with Crippen LogP contribution in [0.3, 0.4) is 0 Å². The van der Waals surface area contributed by atoms with Crippen LogP contribution in [-0.2, 0) is 28.6 Å². The van der Waals surface area contributed by atoms with Gasteiger partial charge in [-0.15, -0.1) is 0 Å². The highest BCUT2D eigenvalue weighted by Crippen LogP contribution is 2.14. The van der Waals surface area contributed by atoms with Crippen LogP contribution < -0.4 is 0 Å². The number of unbranched alkanes of at least 4 members (excludes halogenated alkanes) is 17. The highest BCUT2D eigenvalue weighted by Gasteiger charge is 2.19. The van der Waals surface area contributed by atoms with E-state index in [2.05, 4.69) is 191 Å². The van der Waals surface area contributed by atoms with Gasteiger partial charge in [0.15, 0.2) is 6.10 Å². The molecule has 0 aromatic carbocycles. The summed E-state index contributed by atoms with van der Waals surface area (Å²) < 4.78 is 16.8. The van der Waals surface area contributed by atoms with Gasteiger partial charge >= 0.3 is 17.9 Å². The standard InChI is InChI=1S/C74H116O6/c1-4-7-10-13-16-19-22-25-28-31-34-36-37-39-40-43-46-49-52-55-58-61-64-67-73(76)79-70-71(69-78-72(75)66-63-60-57-54-51-48-45-42-33-30-27-24-21-18-15-12-9-6-3)80-74(77)68-65-62-59-56-53-50-47-44-41-38-35-32-29-26-23-20-17-14-11-8-5-2/h7-8,10-11,16-17,19-20,25-26,28-30,33-36,38-40,44,46-47,49,53,55-56,58,71H,4-6,9,12-15,18,21-24,27,31-32,37,41-43,45,48,50-52,54,57,59-70H2,1-3H3/b10-7-,11-8-,19-16-,20-17-,28-25-,29-26-,33-30-,36-34-,38-35-,40-39-,47-44-,49-46-,56-53-,58-55-. The van der Waals surface area contributed by atoms with Crippen LogP contribution in [0, 0.1) is 0 Å². The minimum Gasteiger partial charge on any atom is -0.462 e. The SMILES string of the molecule is CC/C=C\C/C=C\C/C=C\C/C=C\C/C=C\C/C=C\C/C=C\CCCC(=O)OCC(COC(=O)CCCCCCCCC/C=C\CCCCCCCCC)OC(=O)CCCC/C=C\C/C=C\C/C=C\C/C=C\C/C=C\C/C=C\CC. The fourth-order valence-corrected chi connectivity index (χ4v) is 8.19. The molecule has 0 saturated heterocycles. The van der Waals surface area contributed by atoms with Crippen LogP contribution in [0.4, 0.5) is 0 Å². The number of ether oxygens (including phenoxy) is 3. The molecule has 0 spiro atoms. The fourth-order valence-electron chi connectivity index (χ4n) is 8.19. The summed E-state index contributed by atoms with van der Waals surface area (Å²) in [6.07, 6.45) is 97.9. The molecule has 0 aliphatic carbocycles. The van der Waals surface area contributed by atoms with Gasteiger partial charge in [0.25, 0.3) is 0 Å². The number of carbonyl (C=O) groups is 3. The molecule has 80 heavy (non-hydrogen) atoms. The Morgan fingerprint density at radius 2 is 0.500 bits per heavy atom. The van der Waals surface area contributed by atoms with Crippen LogP contribution in [0.15, 0.2) is 170 Å². The highest BCUT2D eigenvalue weighted by molar-refractivity contribution is 5.71. The molecule has 0 aromatic rings. The second-order valence-corrected chi connectivity index (χ2v) is 20.5. The zero-order valence-corrected chi connectivity index (χ0v) is 51.3. The Kier molecular flexibility index (Phi) is 61.9. The third-order valence-electron chi connectivity index (χ3n) is 12.9. The number of rotatable bonds is 56. The Balaban J connectivity index is 4.61. The molecule has 0 N–H and O–H groups in total. The Bertz CT molecular complexity index is 1840. The van der Waals surface area contributed by atoms with Crippen molar-refractivity contribution in [3.05, 3.63) is 170 Å². The molecule has 0 saturated carbocycles. The van der Waals surface area contributed by atoms with Crippen molar-refractivity contribution in [1.82, 2.24) is 0 Å². The fraction of sp³-hybridized carbons (Fsp3) is 0.581. The lowest BCUT2D eigenvalue weighted by molar-refractivity contribution is -0.167. The normalized spacial score (nSPS) is 13.3. The summed E-state index contributed by atoms with van der Waals surface area (Å²) in [6.45, 7) is 6.32. The van der Waals surface area contributed by atoms with E-state index in [-0.39, 0.29) is 44.0 Å². The zero-order chi connectivity index (χ0) is 57.8. The van der Waals surface area contributed by atoms with E-state index in [1.807, 2.05) is 0 Å². The number of allylic oxidation sites excluding steroid dienone is 28. The molecular formula is C74H116O6. The van der Waals surface area contributed by atoms with Crippen LogP contribution in [0.2, 0.25) is 0 Å². The van der Waals surface area contributed by atoms with E-state index in [1.165, 1.54) is 83.5 Å². The Morgan fingerprint density at radius 3 is 0.850 bits per heavy atom. The lowest BCUT2D eigenvalue weighted by Crippen LogP contribution is -2.30. The maximum absolute atomic E-state index is 12.9. The molecule has 0 amide bonds. The lowest BCUT2D eigenvalue weighted by Gasteiger charge is -2.18. The molecule has 1 unspecified atom stereocenters. The maximum atomic E-state index is 12.9. The predicted octanol–water partition coefficient (Wildman–Crippen LogP) is 22.3.